The monoisotopic (exact) mass is 314 g/mol. The Hall–Kier alpha value is -2.60. The number of nitrogens with one attached hydrogen (secondary N) is 2. The zero-order chi connectivity index (χ0) is 15.9. The van der Waals surface area contributed by atoms with Gasteiger partial charge < -0.3 is 15.8 Å². The molecule has 0 atom stereocenters. The molecule has 0 aliphatic heterocycles. The Kier molecular flexibility index (Phi) is 5.32. The van der Waals surface area contributed by atoms with Crippen molar-refractivity contribution in [2.24, 2.45) is 5.10 Å². The number of ether oxygens (including phenoxy) is 1. The van der Waals surface area contributed by atoms with Crippen LogP contribution in [-0.2, 0) is 0 Å². The number of nitrogens with zero attached hydrogens (tertiary/aromatic N) is 1. The number of hydrazone groups is 1. The topological polar surface area (TPSA) is 71.7 Å². The van der Waals surface area contributed by atoms with Crippen molar-refractivity contribution in [1.82, 2.24) is 5.43 Å². The van der Waals surface area contributed by atoms with Gasteiger partial charge in [-0.05, 0) is 61.1 Å². The third-order valence-electron chi connectivity index (χ3n) is 3.00. The van der Waals surface area contributed by atoms with E-state index in [0.29, 0.717) is 5.11 Å². The van der Waals surface area contributed by atoms with E-state index in [1.807, 2.05) is 55.5 Å². The van der Waals surface area contributed by atoms with Gasteiger partial charge in [0, 0.05) is 11.4 Å². The van der Waals surface area contributed by atoms with Gasteiger partial charge in [0.1, 0.15) is 5.75 Å². The molecule has 0 saturated carbocycles. The fourth-order valence-electron chi connectivity index (χ4n) is 1.76. The van der Waals surface area contributed by atoms with Gasteiger partial charge in [0.2, 0.25) is 0 Å². The maximum atomic E-state index is 5.66. The van der Waals surface area contributed by atoms with Crippen LogP contribution in [0.25, 0.3) is 0 Å². The second-order valence-corrected chi connectivity index (χ2v) is 5.02. The maximum Gasteiger partial charge on any atom is 0.191 e. The zero-order valence-corrected chi connectivity index (χ0v) is 13.3. The predicted molar refractivity (Wildman–Crippen MR) is 95.4 cm³/mol. The number of nitrogen functional groups attached to an aromatic ring is 1. The Morgan fingerprint density at radius 3 is 2.32 bits per heavy atom. The van der Waals surface area contributed by atoms with Crippen LogP contribution in [0.5, 0.6) is 5.75 Å². The van der Waals surface area contributed by atoms with Crippen molar-refractivity contribution in [3.8, 4) is 5.75 Å². The largest absolute Gasteiger partial charge is 0.497 e. The van der Waals surface area contributed by atoms with Crippen molar-refractivity contribution in [3.63, 3.8) is 0 Å². The first-order valence-corrected chi connectivity index (χ1v) is 7.10. The highest BCUT2D eigenvalue weighted by Gasteiger charge is 2.00. The van der Waals surface area contributed by atoms with Crippen LogP contribution < -0.4 is 21.2 Å². The minimum absolute atomic E-state index is 0.417. The molecule has 2 aromatic rings. The van der Waals surface area contributed by atoms with Crippen molar-refractivity contribution >= 4 is 34.4 Å². The minimum atomic E-state index is 0.417. The summed E-state index contributed by atoms with van der Waals surface area (Å²) >= 11 is 5.21. The van der Waals surface area contributed by atoms with Crippen LogP contribution in [0.1, 0.15) is 12.5 Å². The summed E-state index contributed by atoms with van der Waals surface area (Å²) in [4.78, 5) is 0. The lowest BCUT2D eigenvalue weighted by molar-refractivity contribution is 0.415. The average molecular weight is 314 g/mol. The van der Waals surface area contributed by atoms with Crippen LogP contribution in [0.3, 0.4) is 0 Å². The van der Waals surface area contributed by atoms with Crippen molar-refractivity contribution in [2.75, 3.05) is 18.2 Å². The second-order valence-electron chi connectivity index (χ2n) is 4.61. The summed E-state index contributed by atoms with van der Waals surface area (Å²) in [7, 11) is 1.63. The Morgan fingerprint density at radius 2 is 1.73 bits per heavy atom. The first-order chi connectivity index (χ1) is 10.6. The molecule has 0 radical (unpaired) electrons. The Labute approximate surface area is 135 Å². The van der Waals surface area contributed by atoms with Gasteiger partial charge in [0.15, 0.2) is 5.11 Å². The quantitative estimate of drug-likeness (QED) is 0.350. The van der Waals surface area contributed by atoms with Gasteiger partial charge in [-0.1, -0.05) is 12.1 Å². The molecule has 22 heavy (non-hydrogen) atoms. The van der Waals surface area contributed by atoms with Gasteiger partial charge in [-0.3, -0.25) is 5.43 Å². The number of methoxy groups -OCH3 is 1. The number of hydrogen-bond donors (Lipinski definition) is 3. The highest BCUT2D eigenvalue weighted by molar-refractivity contribution is 7.80. The summed E-state index contributed by atoms with van der Waals surface area (Å²) in [6.07, 6.45) is 0. The average Bonchev–Trinajstić information content (AvgIpc) is 2.54. The van der Waals surface area contributed by atoms with E-state index >= 15 is 0 Å². The van der Waals surface area contributed by atoms with Gasteiger partial charge in [0.25, 0.3) is 0 Å². The first-order valence-electron chi connectivity index (χ1n) is 6.70. The van der Waals surface area contributed by atoms with E-state index < -0.39 is 0 Å². The number of thiocarbonyl (C=S) groups is 1. The minimum Gasteiger partial charge on any atom is -0.497 e. The van der Waals surface area contributed by atoms with Crippen molar-refractivity contribution in [1.29, 1.82) is 0 Å². The summed E-state index contributed by atoms with van der Waals surface area (Å²) < 4.78 is 5.10. The molecule has 0 heterocycles. The lowest BCUT2D eigenvalue weighted by atomic mass is 10.1. The number of nitrogens with two attached hydrogens (primary N) is 1. The second kappa shape index (κ2) is 7.42. The maximum absolute atomic E-state index is 5.66. The molecule has 0 spiro atoms. The smallest absolute Gasteiger partial charge is 0.191 e. The number of rotatable bonds is 4. The highest BCUT2D eigenvalue weighted by atomic mass is 32.1. The lowest BCUT2D eigenvalue weighted by Gasteiger charge is -2.09. The van der Waals surface area contributed by atoms with Gasteiger partial charge in [-0.25, -0.2) is 0 Å². The summed E-state index contributed by atoms with van der Waals surface area (Å²) in [5, 5.41) is 7.71. The van der Waals surface area contributed by atoms with Gasteiger partial charge in [0.05, 0.1) is 12.8 Å². The van der Waals surface area contributed by atoms with Gasteiger partial charge >= 0.3 is 0 Å². The molecule has 6 heteroatoms. The van der Waals surface area contributed by atoms with Crippen molar-refractivity contribution < 1.29 is 4.74 Å². The fraction of sp³-hybridized carbons (Fsp3) is 0.125. The molecule has 114 valence electrons. The zero-order valence-electron chi connectivity index (χ0n) is 12.5. The van der Waals surface area contributed by atoms with Crippen LogP contribution in [0.15, 0.2) is 53.6 Å². The molecular weight excluding hydrogens is 296 g/mol. The van der Waals surface area contributed by atoms with E-state index in [2.05, 4.69) is 15.8 Å². The summed E-state index contributed by atoms with van der Waals surface area (Å²) in [5.41, 5.74) is 11.9. The Morgan fingerprint density at radius 1 is 1.09 bits per heavy atom. The number of benzene rings is 2. The standard InChI is InChI=1S/C16H18N4OS/c1-11(12-3-5-13(17)6-4-12)19-20-16(22)18-14-7-9-15(21-2)10-8-14/h3-10H,17H2,1-2H3,(H2,18,20,22)/b19-11-. The van der Waals surface area contributed by atoms with Crippen LogP contribution in [-0.4, -0.2) is 17.9 Å². The molecule has 0 amide bonds. The van der Waals surface area contributed by atoms with E-state index in [-0.39, 0.29) is 0 Å². The molecule has 0 aliphatic rings. The first kappa shape index (κ1) is 15.8. The predicted octanol–water partition coefficient (Wildman–Crippen LogP) is 2.99. The Balaban J connectivity index is 1.93. The molecule has 5 nitrogen and oxygen atoms in total. The van der Waals surface area contributed by atoms with E-state index in [4.69, 9.17) is 22.7 Å². The molecule has 2 aromatic carbocycles. The molecule has 0 bridgehead atoms. The molecule has 0 aromatic heterocycles. The van der Waals surface area contributed by atoms with E-state index in [0.717, 1.165) is 28.4 Å². The van der Waals surface area contributed by atoms with Crippen LogP contribution in [0, 0.1) is 0 Å². The molecule has 2 rings (SSSR count). The molecule has 4 N–H and O–H groups in total. The molecule has 0 unspecified atom stereocenters. The van der Waals surface area contributed by atoms with Crippen molar-refractivity contribution in [2.45, 2.75) is 6.92 Å². The fourth-order valence-corrected chi connectivity index (χ4v) is 1.92. The normalized spacial score (nSPS) is 10.9. The summed E-state index contributed by atoms with van der Waals surface area (Å²) in [6.45, 7) is 1.90. The molecular formula is C16H18N4OS. The highest BCUT2D eigenvalue weighted by Crippen LogP contribution is 2.14. The van der Waals surface area contributed by atoms with E-state index in [1.165, 1.54) is 0 Å². The molecule has 0 fully saturated rings. The molecule has 0 saturated heterocycles. The van der Waals surface area contributed by atoms with E-state index in [9.17, 15) is 0 Å². The third kappa shape index (κ3) is 4.46. The van der Waals surface area contributed by atoms with Gasteiger partial charge in [-0.15, -0.1) is 0 Å². The summed E-state index contributed by atoms with van der Waals surface area (Å²) in [6, 6.07) is 15.0. The number of hydrogen-bond acceptors (Lipinski definition) is 4. The molecule has 0 aliphatic carbocycles. The van der Waals surface area contributed by atoms with Crippen LogP contribution >= 0.6 is 12.2 Å². The lowest BCUT2D eigenvalue weighted by Crippen LogP contribution is -2.24. The number of anilines is 2. The van der Waals surface area contributed by atoms with Crippen molar-refractivity contribution in [3.05, 3.63) is 54.1 Å². The van der Waals surface area contributed by atoms with Gasteiger partial charge in [-0.2, -0.15) is 5.10 Å². The van der Waals surface area contributed by atoms with Crippen LogP contribution in [0.2, 0.25) is 0 Å². The van der Waals surface area contributed by atoms with Crippen LogP contribution in [0.4, 0.5) is 11.4 Å². The third-order valence-corrected chi connectivity index (χ3v) is 3.19. The Bertz CT molecular complexity index is 666. The summed E-state index contributed by atoms with van der Waals surface area (Å²) in [5.74, 6) is 0.793. The van der Waals surface area contributed by atoms with E-state index in [1.54, 1.807) is 7.11 Å². The SMILES string of the molecule is COc1ccc(NC(=S)N/N=C(/C)c2ccc(N)cc2)cc1.